The highest BCUT2D eigenvalue weighted by Crippen LogP contribution is 2.62. The van der Waals surface area contributed by atoms with Gasteiger partial charge in [0.25, 0.3) is 0 Å². The van der Waals surface area contributed by atoms with Gasteiger partial charge in [-0.25, -0.2) is 0 Å². The first-order chi connectivity index (χ1) is 45.9. The van der Waals surface area contributed by atoms with Gasteiger partial charge in [0.1, 0.15) is 16.1 Å². The standard InChI is InChI=1S/C90H70Si3/c1-91(85(73-51-27-9-28-52-73)79(67-39-15-3-16-40-67)80(68-41-17-4-18-42-68)86(91)74-53-29-10-30-54-74)63-65-93(89(77-59-35-13-36-60-77)83(71-47-23-7-24-48-71)84(72-49-25-8-26-50-72)90(93)78-61-37-14-38-62-78)66-64-92(2)87(75-55-31-11-32-56-75)81(69-43-19-5-20-44-69)82(70-45-21-6-22-46-70)88(92)76-57-33-12-34-58-76/h3-66H,1-2H3/b65-63+,66-64?. The normalized spacial score (nSPS) is 16.0. The van der Waals surface area contributed by atoms with Crippen molar-refractivity contribution in [2.45, 2.75) is 13.1 Å². The summed E-state index contributed by atoms with van der Waals surface area (Å²) in [5.74, 6) is 0. The summed E-state index contributed by atoms with van der Waals surface area (Å²) in [7, 11) is -10.0. The molecule has 0 N–H and O–H groups in total. The summed E-state index contributed by atoms with van der Waals surface area (Å²) >= 11 is 0. The Morgan fingerprint density at radius 1 is 0.151 bits per heavy atom. The lowest BCUT2D eigenvalue weighted by Gasteiger charge is -2.34. The summed E-state index contributed by atoms with van der Waals surface area (Å²) in [6.07, 6.45) is 0. The minimum atomic E-state index is -3.64. The highest BCUT2D eigenvalue weighted by atomic mass is 28.3. The van der Waals surface area contributed by atoms with E-state index in [0.717, 1.165) is 0 Å². The SMILES string of the molecule is C[Si]1(C=C[Si]2(/C=C/[Si]3(C)C(c4ccccc4)=C(c4ccccc4)C(c4ccccc4)=C3c3ccccc3)C(c3ccccc3)=C(c3ccccc3)C(c3ccccc3)=C2c2ccccc2)C(c2ccccc2)=C(c2ccccc2)C(c2ccccc2)=C1c1ccccc1. The number of benzene rings is 12. The fourth-order valence-electron chi connectivity index (χ4n) is 15.4. The average Bonchev–Trinajstić information content (AvgIpc) is 1.55. The zero-order valence-electron chi connectivity index (χ0n) is 52.5. The Labute approximate surface area is 551 Å². The zero-order chi connectivity index (χ0) is 62.6. The van der Waals surface area contributed by atoms with Crippen molar-refractivity contribution in [3.63, 3.8) is 0 Å². The van der Waals surface area contributed by atoms with E-state index < -0.39 is 24.2 Å². The van der Waals surface area contributed by atoms with E-state index in [-0.39, 0.29) is 0 Å². The van der Waals surface area contributed by atoms with Crippen LogP contribution in [0.1, 0.15) is 66.8 Å². The topological polar surface area (TPSA) is 0 Å². The Hall–Kier alpha value is -10.8. The minimum Gasteiger partial charge on any atom is -0.0929 e. The lowest BCUT2D eigenvalue weighted by Crippen LogP contribution is -2.39. The number of rotatable bonds is 16. The fraction of sp³-hybridized carbons (Fsp3) is 0.0222. The molecule has 0 saturated carbocycles. The molecule has 0 fully saturated rings. The number of allylic oxidation sites excluding steroid dienone is 6. The van der Waals surface area contributed by atoms with Crippen molar-refractivity contribution >= 4 is 88.8 Å². The molecule has 15 rings (SSSR count). The number of hydrogen-bond donors (Lipinski definition) is 0. The maximum absolute atomic E-state index is 3.64. The van der Waals surface area contributed by atoms with E-state index in [1.807, 2.05) is 0 Å². The quantitative estimate of drug-likeness (QED) is 0.0846. The molecule has 3 aliphatic rings. The van der Waals surface area contributed by atoms with Crippen LogP contribution in [0.4, 0.5) is 0 Å². The van der Waals surface area contributed by atoms with Crippen molar-refractivity contribution in [3.8, 4) is 0 Å². The van der Waals surface area contributed by atoms with E-state index >= 15 is 0 Å². The summed E-state index contributed by atoms with van der Waals surface area (Å²) in [6, 6.07) is 136. The molecule has 0 nitrogen and oxygen atoms in total. The van der Waals surface area contributed by atoms with Crippen LogP contribution in [0.2, 0.25) is 13.1 Å². The van der Waals surface area contributed by atoms with Crippen molar-refractivity contribution < 1.29 is 0 Å². The molecule has 0 bridgehead atoms. The van der Waals surface area contributed by atoms with Gasteiger partial charge >= 0.3 is 0 Å². The first-order valence-electron chi connectivity index (χ1n) is 32.5. The molecular weight excluding hydrogens is 1170 g/mol. The molecule has 0 atom stereocenters. The van der Waals surface area contributed by atoms with Crippen LogP contribution in [0.5, 0.6) is 0 Å². The Morgan fingerprint density at radius 2 is 0.280 bits per heavy atom. The Morgan fingerprint density at radius 3 is 0.441 bits per heavy atom. The van der Waals surface area contributed by atoms with Gasteiger partial charge in [-0.1, -0.05) is 400 Å². The van der Waals surface area contributed by atoms with E-state index in [4.69, 9.17) is 0 Å². The molecule has 3 aliphatic heterocycles. The van der Waals surface area contributed by atoms with Gasteiger partial charge in [0.2, 0.25) is 0 Å². The second-order valence-electron chi connectivity index (χ2n) is 24.8. The van der Waals surface area contributed by atoms with Gasteiger partial charge in [-0.05, 0) is 131 Å². The maximum atomic E-state index is 2.88. The van der Waals surface area contributed by atoms with E-state index in [9.17, 15) is 0 Å². The predicted molar refractivity (Wildman–Crippen MR) is 405 cm³/mol. The summed E-state index contributed by atoms with van der Waals surface area (Å²) in [4.78, 5) is 0. The van der Waals surface area contributed by atoms with Crippen molar-refractivity contribution in [1.82, 2.24) is 0 Å². The van der Waals surface area contributed by atoms with Gasteiger partial charge < -0.3 is 0 Å². The molecular formula is C90H70Si3. The first-order valence-corrected chi connectivity index (χ1v) is 39.8. The molecule has 0 aliphatic carbocycles. The average molecular weight is 1240 g/mol. The molecule has 12 aromatic rings. The Balaban J connectivity index is 1.15. The van der Waals surface area contributed by atoms with Gasteiger partial charge in [0.15, 0.2) is 8.07 Å². The van der Waals surface area contributed by atoms with Crippen LogP contribution in [0.15, 0.2) is 387 Å². The lowest BCUT2D eigenvalue weighted by atomic mass is 9.89. The molecule has 0 amide bonds. The van der Waals surface area contributed by atoms with E-state index in [0.29, 0.717) is 0 Å². The summed E-state index contributed by atoms with van der Waals surface area (Å²) in [5.41, 5.74) is 34.0. The van der Waals surface area contributed by atoms with Gasteiger partial charge in [0.05, 0.1) is 0 Å². The van der Waals surface area contributed by atoms with Crippen molar-refractivity contribution in [3.05, 3.63) is 454 Å². The monoisotopic (exact) mass is 1230 g/mol. The Bertz CT molecular complexity index is 4400. The second-order valence-corrected chi connectivity index (χ2v) is 35.7. The molecule has 93 heavy (non-hydrogen) atoms. The predicted octanol–water partition coefficient (Wildman–Crippen LogP) is 22.8. The van der Waals surface area contributed by atoms with Crippen LogP contribution in [0, 0.1) is 0 Å². The third-order valence-corrected chi connectivity index (χ3v) is 32.0. The van der Waals surface area contributed by atoms with Crippen LogP contribution < -0.4 is 0 Å². The largest absolute Gasteiger partial charge is 0.166 e. The van der Waals surface area contributed by atoms with Crippen LogP contribution in [-0.4, -0.2) is 24.2 Å². The second kappa shape index (κ2) is 25.5. The smallest absolute Gasteiger partial charge is 0.0929 e. The molecule has 0 aromatic heterocycles. The van der Waals surface area contributed by atoms with Crippen LogP contribution in [0.25, 0.3) is 64.6 Å². The van der Waals surface area contributed by atoms with Gasteiger partial charge in [0, 0.05) is 0 Å². The lowest BCUT2D eigenvalue weighted by molar-refractivity contribution is 1.58. The van der Waals surface area contributed by atoms with Crippen LogP contribution in [-0.2, 0) is 0 Å². The molecule has 0 saturated heterocycles. The first kappa shape index (κ1) is 58.6. The molecule has 0 spiro atoms. The third kappa shape index (κ3) is 10.6. The summed E-state index contributed by atoms with van der Waals surface area (Å²) < 4.78 is 0. The highest BCUT2D eigenvalue weighted by Gasteiger charge is 2.53. The molecule has 442 valence electrons. The Kier molecular flexibility index (Phi) is 16.0. The van der Waals surface area contributed by atoms with E-state index in [1.165, 1.54) is 131 Å². The summed E-state index contributed by atoms with van der Waals surface area (Å²) in [5, 5.41) is 8.42. The highest BCUT2D eigenvalue weighted by molar-refractivity contribution is 7.24. The van der Waals surface area contributed by atoms with Gasteiger partial charge in [-0.15, -0.1) is 0 Å². The molecule has 3 heterocycles. The van der Waals surface area contributed by atoms with E-state index in [2.05, 4.69) is 400 Å². The fourth-order valence-corrected chi connectivity index (χ4v) is 31.3. The zero-order valence-corrected chi connectivity index (χ0v) is 55.5. The van der Waals surface area contributed by atoms with E-state index in [1.54, 1.807) is 0 Å². The van der Waals surface area contributed by atoms with Crippen molar-refractivity contribution in [2.75, 3.05) is 0 Å². The van der Waals surface area contributed by atoms with Crippen molar-refractivity contribution in [1.29, 1.82) is 0 Å². The minimum absolute atomic E-state index is 1.20. The third-order valence-electron chi connectivity index (χ3n) is 19.3. The molecule has 12 aromatic carbocycles. The van der Waals surface area contributed by atoms with Gasteiger partial charge in [-0.2, -0.15) is 0 Å². The van der Waals surface area contributed by atoms with Crippen LogP contribution in [0.3, 0.4) is 0 Å². The van der Waals surface area contributed by atoms with Gasteiger partial charge in [-0.3, -0.25) is 0 Å². The number of hydrogen-bond acceptors (Lipinski definition) is 0. The van der Waals surface area contributed by atoms with Crippen LogP contribution >= 0.6 is 0 Å². The molecule has 0 radical (unpaired) electrons. The molecule has 3 heteroatoms. The van der Waals surface area contributed by atoms with Crippen molar-refractivity contribution in [2.24, 2.45) is 0 Å². The maximum Gasteiger partial charge on any atom is 0.166 e. The molecule has 0 unspecified atom stereocenters. The summed E-state index contributed by atoms with van der Waals surface area (Å²) in [6.45, 7) is 5.33.